The molecule has 0 heterocycles. The van der Waals surface area contributed by atoms with E-state index in [0.29, 0.717) is 11.4 Å². The molecule has 0 aliphatic carbocycles. The third-order valence-corrected chi connectivity index (χ3v) is 3.27. The summed E-state index contributed by atoms with van der Waals surface area (Å²) < 4.78 is 10.2. The van der Waals surface area contributed by atoms with Crippen LogP contribution in [0.15, 0.2) is 54.6 Å². The van der Waals surface area contributed by atoms with Gasteiger partial charge in [-0.05, 0) is 29.8 Å². The van der Waals surface area contributed by atoms with Crippen molar-refractivity contribution in [1.29, 1.82) is 0 Å². The molecule has 0 aromatic heterocycles. The SMILES string of the molecule is COc1ccc(NC(=O)CN(C)C(=O)OCc2ccccc2)cc1. The van der Waals surface area contributed by atoms with Gasteiger partial charge in [0.05, 0.1) is 7.11 Å². The van der Waals surface area contributed by atoms with Gasteiger partial charge in [-0.1, -0.05) is 30.3 Å². The summed E-state index contributed by atoms with van der Waals surface area (Å²) >= 11 is 0. The highest BCUT2D eigenvalue weighted by atomic mass is 16.6. The smallest absolute Gasteiger partial charge is 0.410 e. The molecule has 2 rings (SSSR count). The second kappa shape index (κ2) is 8.57. The van der Waals surface area contributed by atoms with E-state index in [9.17, 15) is 9.59 Å². The second-order valence-corrected chi connectivity index (χ2v) is 5.17. The van der Waals surface area contributed by atoms with E-state index in [0.717, 1.165) is 5.56 Å². The van der Waals surface area contributed by atoms with Gasteiger partial charge >= 0.3 is 6.09 Å². The van der Waals surface area contributed by atoms with Crippen molar-refractivity contribution in [2.45, 2.75) is 6.61 Å². The molecule has 1 N–H and O–H groups in total. The molecule has 0 saturated heterocycles. The number of ether oxygens (including phenoxy) is 2. The molecule has 0 atom stereocenters. The summed E-state index contributed by atoms with van der Waals surface area (Å²) in [6.45, 7) is 0.0732. The minimum Gasteiger partial charge on any atom is -0.497 e. The van der Waals surface area contributed by atoms with Crippen molar-refractivity contribution < 1.29 is 19.1 Å². The molecule has 2 aromatic carbocycles. The lowest BCUT2D eigenvalue weighted by Gasteiger charge is -2.16. The normalized spacial score (nSPS) is 9.92. The Bertz CT molecular complexity index is 671. The monoisotopic (exact) mass is 328 g/mol. The summed E-state index contributed by atoms with van der Waals surface area (Å²) in [7, 11) is 3.09. The predicted octanol–water partition coefficient (Wildman–Crippen LogP) is 2.90. The average Bonchev–Trinajstić information content (AvgIpc) is 2.61. The minimum absolute atomic E-state index is 0.0976. The van der Waals surface area contributed by atoms with Gasteiger partial charge in [-0.15, -0.1) is 0 Å². The van der Waals surface area contributed by atoms with E-state index in [2.05, 4.69) is 5.32 Å². The standard InChI is InChI=1S/C18H20N2O4/c1-20(18(22)24-13-14-6-4-3-5-7-14)12-17(21)19-15-8-10-16(23-2)11-9-15/h3-11H,12-13H2,1-2H3,(H,19,21). The molecule has 0 bridgehead atoms. The Labute approximate surface area is 141 Å². The summed E-state index contributed by atoms with van der Waals surface area (Å²) in [5, 5.41) is 2.71. The first-order valence-electron chi connectivity index (χ1n) is 7.44. The molecule has 2 amide bonds. The van der Waals surface area contributed by atoms with E-state index in [-0.39, 0.29) is 19.1 Å². The van der Waals surface area contributed by atoms with Crippen LogP contribution >= 0.6 is 0 Å². The Balaban J connectivity index is 1.78. The number of likely N-dealkylation sites (N-methyl/N-ethyl adjacent to an activating group) is 1. The molecule has 2 aromatic rings. The molecule has 24 heavy (non-hydrogen) atoms. The third kappa shape index (κ3) is 5.31. The molecule has 0 spiro atoms. The molecule has 0 unspecified atom stereocenters. The van der Waals surface area contributed by atoms with Gasteiger partial charge in [0.15, 0.2) is 0 Å². The van der Waals surface area contributed by atoms with Crippen molar-refractivity contribution in [2.24, 2.45) is 0 Å². The van der Waals surface area contributed by atoms with Gasteiger partial charge in [-0.25, -0.2) is 4.79 Å². The molecule has 0 saturated carbocycles. The molecule has 6 heteroatoms. The topological polar surface area (TPSA) is 67.9 Å². The van der Waals surface area contributed by atoms with Crippen LogP contribution in [0.3, 0.4) is 0 Å². The summed E-state index contributed by atoms with van der Waals surface area (Å²) in [6, 6.07) is 16.3. The zero-order valence-electron chi connectivity index (χ0n) is 13.7. The quantitative estimate of drug-likeness (QED) is 0.885. The van der Waals surface area contributed by atoms with E-state index >= 15 is 0 Å². The van der Waals surface area contributed by atoms with Crippen LogP contribution in [-0.2, 0) is 16.1 Å². The van der Waals surface area contributed by atoms with Crippen molar-refractivity contribution in [1.82, 2.24) is 4.90 Å². The predicted molar refractivity (Wildman–Crippen MR) is 90.9 cm³/mol. The number of anilines is 1. The van der Waals surface area contributed by atoms with Crippen molar-refractivity contribution in [3.05, 3.63) is 60.2 Å². The Morgan fingerprint density at radius 1 is 1.04 bits per heavy atom. The van der Waals surface area contributed by atoms with Crippen LogP contribution < -0.4 is 10.1 Å². The first-order valence-corrected chi connectivity index (χ1v) is 7.44. The molecule has 6 nitrogen and oxygen atoms in total. The highest BCUT2D eigenvalue weighted by molar-refractivity contribution is 5.93. The van der Waals surface area contributed by atoms with Crippen LogP contribution in [0, 0.1) is 0 Å². The molecule has 126 valence electrons. The van der Waals surface area contributed by atoms with Gasteiger partial charge in [0.25, 0.3) is 0 Å². The highest BCUT2D eigenvalue weighted by Crippen LogP contribution is 2.14. The maximum Gasteiger partial charge on any atom is 0.410 e. The van der Waals surface area contributed by atoms with Gasteiger partial charge in [-0.3, -0.25) is 4.79 Å². The van der Waals surface area contributed by atoms with Crippen LogP contribution in [0.4, 0.5) is 10.5 Å². The van der Waals surface area contributed by atoms with Crippen LogP contribution in [0.5, 0.6) is 5.75 Å². The Morgan fingerprint density at radius 3 is 2.33 bits per heavy atom. The van der Waals surface area contributed by atoms with Crippen LogP contribution in [0.1, 0.15) is 5.56 Å². The van der Waals surface area contributed by atoms with Crippen molar-refractivity contribution in [3.63, 3.8) is 0 Å². The maximum absolute atomic E-state index is 12.0. The van der Waals surface area contributed by atoms with E-state index in [1.807, 2.05) is 30.3 Å². The van der Waals surface area contributed by atoms with E-state index in [1.165, 1.54) is 11.9 Å². The number of rotatable bonds is 6. The fourth-order valence-electron chi connectivity index (χ4n) is 1.98. The second-order valence-electron chi connectivity index (χ2n) is 5.17. The summed E-state index contributed by atoms with van der Waals surface area (Å²) in [5.41, 5.74) is 1.52. The molecule has 0 aliphatic heterocycles. The number of hydrogen-bond acceptors (Lipinski definition) is 4. The number of hydrogen-bond donors (Lipinski definition) is 1. The summed E-state index contributed by atoms with van der Waals surface area (Å²) in [5.74, 6) is 0.397. The number of carbonyl (C=O) groups excluding carboxylic acids is 2. The number of nitrogens with one attached hydrogen (secondary N) is 1. The third-order valence-electron chi connectivity index (χ3n) is 3.27. The Hall–Kier alpha value is -3.02. The highest BCUT2D eigenvalue weighted by Gasteiger charge is 2.14. The van der Waals surface area contributed by atoms with Gasteiger partial charge in [-0.2, -0.15) is 0 Å². The van der Waals surface area contributed by atoms with Crippen LogP contribution in [0.2, 0.25) is 0 Å². The van der Waals surface area contributed by atoms with E-state index in [4.69, 9.17) is 9.47 Å². The van der Waals surface area contributed by atoms with Gasteiger partial charge in [0.1, 0.15) is 18.9 Å². The number of methoxy groups -OCH3 is 1. The molecular formula is C18H20N2O4. The average molecular weight is 328 g/mol. The first-order chi connectivity index (χ1) is 11.6. The molecular weight excluding hydrogens is 308 g/mol. The van der Waals surface area contributed by atoms with Crippen molar-refractivity contribution >= 4 is 17.7 Å². The fraction of sp³-hybridized carbons (Fsp3) is 0.222. The molecule has 0 aliphatic rings. The molecule has 0 fully saturated rings. The van der Waals surface area contributed by atoms with Crippen molar-refractivity contribution in [2.75, 3.05) is 26.0 Å². The van der Waals surface area contributed by atoms with Crippen LogP contribution in [-0.4, -0.2) is 37.6 Å². The van der Waals surface area contributed by atoms with E-state index < -0.39 is 6.09 Å². The summed E-state index contributed by atoms with van der Waals surface area (Å²) in [6.07, 6.45) is -0.552. The largest absolute Gasteiger partial charge is 0.497 e. The van der Waals surface area contributed by atoms with Gasteiger partial charge in [0, 0.05) is 12.7 Å². The van der Waals surface area contributed by atoms with Crippen LogP contribution in [0.25, 0.3) is 0 Å². The van der Waals surface area contributed by atoms with Gasteiger partial charge < -0.3 is 19.7 Å². The Kier molecular flexibility index (Phi) is 6.19. The Morgan fingerprint density at radius 2 is 1.71 bits per heavy atom. The zero-order chi connectivity index (χ0) is 17.4. The number of amides is 2. The number of carbonyl (C=O) groups is 2. The lowest BCUT2D eigenvalue weighted by atomic mass is 10.2. The van der Waals surface area contributed by atoms with E-state index in [1.54, 1.807) is 31.4 Å². The fourth-order valence-corrected chi connectivity index (χ4v) is 1.98. The molecule has 0 radical (unpaired) electrons. The van der Waals surface area contributed by atoms with Crippen molar-refractivity contribution in [3.8, 4) is 5.75 Å². The maximum atomic E-state index is 12.0. The zero-order valence-corrected chi connectivity index (χ0v) is 13.7. The lowest BCUT2D eigenvalue weighted by molar-refractivity contribution is -0.116. The number of benzene rings is 2. The number of nitrogens with zero attached hydrogens (tertiary/aromatic N) is 1. The summed E-state index contributed by atoms with van der Waals surface area (Å²) in [4.78, 5) is 25.1. The van der Waals surface area contributed by atoms with Gasteiger partial charge in [0.2, 0.25) is 5.91 Å². The lowest BCUT2D eigenvalue weighted by Crippen LogP contribution is -2.35. The minimum atomic E-state index is -0.552. The first kappa shape index (κ1) is 17.3.